The van der Waals surface area contributed by atoms with Gasteiger partial charge in [-0.3, -0.25) is 10.1 Å². The van der Waals surface area contributed by atoms with E-state index in [9.17, 15) is 15.2 Å². The van der Waals surface area contributed by atoms with Crippen molar-refractivity contribution < 1.29 is 14.8 Å². The van der Waals surface area contributed by atoms with E-state index < -0.39 is 11.0 Å². The van der Waals surface area contributed by atoms with E-state index in [0.717, 1.165) is 12.8 Å². The SMILES string of the molecule is O=[N+]([O-])c1cc(Br)ccc1OC1CCCC1O. The average Bonchev–Trinajstić information content (AvgIpc) is 2.67. The third kappa shape index (κ3) is 2.76. The molecule has 0 aromatic heterocycles. The summed E-state index contributed by atoms with van der Waals surface area (Å²) in [7, 11) is 0. The van der Waals surface area contributed by atoms with Gasteiger partial charge in [-0.1, -0.05) is 15.9 Å². The number of hydrogen-bond donors (Lipinski definition) is 1. The lowest BCUT2D eigenvalue weighted by Crippen LogP contribution is -2.25. The lowest BCUT2D eigenvalue weighted by molar-refractivity contribution is -0.386. The van der Waals surface area contributed by atoms with Crippen LogP contribution in [0, 0.1) is 10.1 Å². The Kier molecular flexibility index (Phi) is 3.63. The minimum Gasteiger partial charge on any atom is -0.481 e. The molecule has 0 heterocycles. The van der Waals surface area contributed by atoms with Gasteiger partial charge in [0.2, 0.25) is 0 Å². The standard InChI is InChI=1S/C11H12BrNO4/c12-7-4-5-10(8(6-7)13(15)16)17-11-3-1-2-9(11)14/h4-6,9,11,14H,1-3H2. The Morgan fingerprint density at radius 3 is 2.82 bits per heavy atom. The molecular weight excluding hydrogens is 290 g/mol. The maximum atomic E-state index is 10.9. The molecule has 1 N–H and O–H groups in total. The predicted molar refractivity (Wildman–Crippen MR) is 65.1 cm³/mol. The summed E-state index contributed by atoms with van der Waals surface area (Å²) in [6.07, 6.45) is 1.44. The highest BCUT2D eigenvalue weighted by Crippen LogP contribution is 2.33. The third-order valence-electron chi connectivity index (χ3n) is 2.81. The molecule has 92 valence electrons. The minimum atomic E-state index is -0.529. The number of nitrogens with zero attached hydrogens (tertiary/aromatic N) is 1. The van der Waals surface area contributed by atoms with Crippen molar-refractivity contribution in [3.63, 3.8) is 0 Å². The maximum absolute atomic E-state index is 10.9. The molecule has 0 amide bonds. The molecule has 0 saturated heterocycles. The molecule has 1 aromatic rings. The molecule has 0 aliphatic heterocycles. The Morgan fingerprint density at radius 1 is 1.47 bits per heavy atom. The normalized spacial score (nSPS) is 23.6. The second-order valence-corrected chi connectivity index (χ2v) is 4.94. The molecule has 0 radical (unpaired) electrons. The number of aliphatic hydroxyl groups excluding tert-OH is 1. The molecule has 17 heavy (non-hydrogen) atoms. The lowest BCUT2D eigenvalue weighted by atomic mass is 10.2. The Balaban J connectivity index is 2.22. The van der Waals surface area contributed by atoms with Crippen LogP contribution in [-0.4, -0.2) is 22.2 Å². The van der Waals surface area contributed by atoms with Crippen LogP contribution in [0.4, 0.5) is 5.69 Å². The first-order valence-electron chi connectivity index (χ1n) is 5.36. The Labute approximate surface area is 107 Å². The van der Waals surface area contributed by atoms with E-state index in [2.05, 4.69) is 15.9 Å². The first kappa shape index (κ1) is 12.3. The van der Waals surface area contributed by atoms with Gasteiger partial charge < -0.3 is 9.84 Å². The fourth-order valence-corrected chi connectivity index (χ4v) is 2.29. The molecule has 6 heteroatoms. The Morgan fingerprint density at radius 2 is 2.24 bits per heavy atom. The summed E-state index contributed by atoms with van der Waals surface area (Å²) in [6, 6.07) is 4.63. The summed E-state index contributed by atoms with van der Waals surface area (Å²) in [4.78, 5) is 10.4. The van der Waals surface area contributed by atoms with Gasteiger partial charge in [-0.05, 0) is 31.4 Å². The fourth-order valence-electron chi connectivity index (χ4n) is 1.94. The number of aliphatic hydroxyl groups is 1. The van der Waals surface area contributed by atoms with Gasteiger partial charge in [0.15, 0.2) is 5.75 Å². The van der Waals surface area contributed by atoms with Gasteiger partial charge >= 0.3 is 5.69 Å². The van der Waals surface area contributed by atoms with E-state index in [1.54, 1.807) is 12.1 Å². The van der Waals surface area contributed by atoms with Crippen LogP contribution in [0.1, 0.15) is 19.3 Å². The van der Waals surface area contributed by atoms with Crippen LogP contribution in [0.3, 0.4) is 0 Å². The monoisotopic (exact) mass is 301 g/mol. The summed E-state index contributed by atoms with van der Waals surface area (Å²) in [5, 5.41) is 20.5. The van der Waals surface area contributed by atoms with E-state index in [-0.39, 0.29) is 17.5 Å². The Bertz CT molecular complexity index is 437. The first-order valence-corrected chi connectivity index (χ1v) is 6.16. The second kappa shape index (κ2) is 5.01. The van der Waals surface area contributed by atoms with Crippen molar-refractivity contribution in [3.05, 3.63) is 32.8 Å². The number of ether oxygens (including phenoxy) is 1. The minimum absolute atomic E-state index is 0.0847. The summed E-state index contributed by atoms with van der Waals surface area (Å²) in [5.41, 5.74) is -0.0847. The van der Waals surface area contributed by atoms with Crippen molar-refractivity contribution in [1.29, 1.82) is 0 Å². The number of benzene rings is 1. The fraction of sp³-hybridized carbons (Fsp3) is 0.455. The number of rotatable bonds is 3. The van der Waals surface area contributed by atoms with Crippen LogP contribution < -0.4 is 4.74 Å². The van der Waals surface area contributed by atoms with Crippen molar-refractivity contribution >= 4 is 21.6 Å². The molecule has 0 spiro atoms. The van der Waals surface area contributed by atoms with E-state index in [1.165, 1.54) is 6.07 Å². The highest BCUT2D eigenvalue weighted by Gasteiger charge is 2.29. The first-order chi connectivity index (χ1) is 8.08. The van der Waals surface area contributed by atoms with Gasteiger partial charge in [0.1, 0.15) is 6.10 Å². The lowest BCUT2D eigenvalue weighted by Gasteiger charge is -2.16. The summed E-state index contributed by atoms with van der Waals surface area (Å²) < 4.78 is 6.15. The molecule has 1 aliphatic rings. The second-order valence-electron chi connectivity index (χ2n) is 4.02. The van der Waals surface area contributed by atoms with Crippen LogP contribution in [0.5, 0.6) is 5.75 Å². The van der Waals surface area contributed by atoms with Gasteiger partial charge in [0.05, 0.1) is 11.0 Å². The van der Waals surface area contributed by atoms with Crippen molar-refractivity contribution in [2.75, 3.05) is 0 Å². The van der Waals surface area contributed by atoms with Crippen LogP contribution in [0.25, 0.3) is 0 Å². The van der Waals surface area contributed by atoms with E-state index in [0.29, 0.717) is 10.9 Å². The number of hydrogen-bond acceptors (Lipinski definition) is 4. The molecule has 2 unspecified atom stereocenters. The number of nitro groups is 1. The largest absolute Gasteiger partial charge is 0.481 e. The molecule has 1 saturated carbocycles. The summed E-state index contributed by atoms with van der Waals surface area (Å²) >= 11 is 3.18. The van der Waals surface area contributed by atoms with Gasteiger partial charge in [-0.2, -0.15) is 0 Å². The van der Waals surface area contributed by atoms with E-state index in [1.807, 2.05) is 0 Å². The summed E-state index contributed by atoms with van der Waals surface area (Å²) in [5.74, 6) is 0.212. The quantitative estimate of drug-likeness (QED) is 0.688. The molecule has 0 bridgehead atoms. The number of nitro benzene ring substituents is 1. The molecule has 5 nitrogen and oxygen atoms in total. The zero-order valence-corrected chi connectivity index (χ0v) is 10.6. The Hall–Kier alpha value is -1.14. The van der Waals surface area contributed by atoms with Gasteiger partial charge in [-0.25, -0.2) is 0 Å². The van der Waals surface area contributed by atoms with Crippen molar-refractivity contribution in [3.8, 4) is 5.75 Å². The summed E-state index contributed by atoms with van der Waals surface area (Å²) in [6.45, 7) is 0. The maximum Gasteiger partial charge on any atom is 0.312 e. The van der Waals surface area contributed by atoms with Crippen molar-refractivity contribution in [1.82, 2.24) is 0 Å². The number of halogens is 1. The van der Waals surface area contributed by atoms with E-state index >= 15 is 0 Å². The van der Waals surface area contributed by atoms with Crippen LogP contribution >= 0.6 is 15.9 Å². The third-order valence-corrected chi connectivity index (χ3v) is 3.31. The molecule has 1 aliphatic carbocycles. The smallest absolute Gasteiger partial charge is 0.312 e. The average molecular weight is 302 g/mol. The molecular formula is C11H12BrNO4. The van der Waals surface area contributed by atoms with Crippen LogP contribution in [-0.2, 0) is 0 Å². The van der Waals surface area contributed by atoms with Crippen molar-refractivity contribution in [2.24, 2.45) is 0 Å². The highest BCUT2D eigenvalue weighted by molar-refractivity contribution is 9.10. The van der Waals surface area contributed by atoms with Crippen molar-refractivity contribution in [2.45, 2.75) is 31.5 Å². The predicted octanol–water partition coefficient (Wildman–Crippen LogP) is 2.65. The zero-order chi connectivity index (χ0) is 12.4. The van der Waals surface area contributed by atoms with Gasteiger partial charge in [0, 0.05) is 10.5 Å². The molecule has 1 fully saturated rings. The molecule has 2 atom stereocenters. The van der Waals surface area contributed by atoms with Gasteiger partial charge in [-0.15, -0.1) is 0 Å². The molecule has 1 aromatic carbocycles. The zero-order valence-electron chi connectivity index (χ0n) is 9.01. The highest BCUT2D eigenvalue weighted by atomic mass is 79.9. The topological polar surface area (TPSA) is 72.6 Å². The van der Waals surface area contributed by atoms with E-state index in [4.69, 9.17) is 4.74 Å². The molecule has 2 rings (SSSR count). The van der Waals surface area contributed by atoms with Crippen LogP contribution in [0.2, 0.25) is 0 Å². The van der Waals surface area contributed by atoms with Crippen LogP contribution in [0.15, 0.2) is 22.7 Å². The van der Waals surface area contributed by atoms with Gasteiger partial charge in [0.25, 0.3) is 0 Å².